The first kappa shape index (κ1) is 16.0. The molecule has 1 aliphatic rings. The van der Waals surface area contributed by atoms with Crippen LogP contribution in [0.15, 0.2) is 54.6 Å². The van der Waals surface area contributed by atoms with Crippen molar-refractivity contribution in [2.45, 2.75) is 18.9 Å². The molecule has 5 heteroatoms. The zero-order valence-corrected chi connectivity index (χ0v) is 14.5. The normalized spacial score (nSPS) is 15.5. The van der Waals surface area contributed by atoms with Crippen molar-refractivity contribution in [1.29, 1.82) is 0 Å². The first-order valence-corrected chi connectivity index (χ1v) is 8.86. The van der Waals surface area contributed by atoms with E-state index in [-0.39, 0.29) is 12.0 Å². The molecule has 1 aromatic heterocycles. The molecule has 1 amide bonds. The predicted molar refractivity (Wildman–Crippen MR) is 99.3 cm³/mol. The quantitative estimate of drug-likeness (QED) is 0.752. The summed E-state index contributed by atoms with van der Waals surface area (Å²) in [4.78, 5) is 17.8. The summed E-state index contributed by atoms with van der Waals surface area (Å²) in [7, 11) is 0. The van der Waals surface area contributed by atoms with Gasteiger partial charge < -0.3 is 14.6 Å². The van der Waals surface area contributed by atoms with Crippen molar-refractivity contribution in [3.8, 4) is 5.75 Å². The lowest BCUT2D eigenvalue weighted by Gasteiger charge is -2.32. The van der Waals surface area contributed by atoms with E-state index in [1.54, 1.807) is 0 Å². The molecule has 1 N–H and O–H groups in total. The lowest BCUT2D eigenvalue weighted by atomic mass is 10.1. The number of benzene rings is 2. The van der Waals surface area contributed by atoms with Crippen molar-refractivity contribution in [3.63, 3.8) is 0 Å². The zero-order valence-electron chi connectivity index (χ0n) is 13.7. The van der Waals surface area contributed by atoms with E-state index in [4.69, 9.17) is 16.3 Å². The molecule has 0 bridgehead atoms. The fraction of sp³-hybridized carbons (Fsp3) is 0.250. The van der Waals surface area contributed by atoms with E-state index in [9.17, 15) is 4.79 Å². The van der Waals surface area contributed by atoms with Crippen molar-refractivity contribution in [2.24, 2.45) is 0 Å². The third-order valence-corrected chi connectivity index (χ3v) is 4.82. The van der Waals surface area contributed by atoms with Crippen molar-refractivity contribution < 1.29 is 9.53 Å². The van der Waals surface area contributed by atoms with E-state index >= 15 is 0 Å². The average Bonchev–Trinajstić information content (AvgIpc) is 3.06. The summed E-state index contributed by atoms with van der Waals surface area (Å²) < 4.78 is 5.99. The van der Waals surface area contributed by atoms with E-state index in [2.05, 4.69) is 4.98 Å². The highest BCUT2D eigenvalue weighted by Crippen LogP contribution is 2.23. The number of ether oxygens (including phenoxy) is 1. The van der Waals surface area contributed by atoms with E-state index in [0.29, 0.717) is 23.8 Å². The second-order valence-electron chi connectivity index (χ2n) is 6.34. The number of halogens is 1. The molecule has 0 radical (unpaired) electrons. The Bertz CT molecular complexity index is 883. The number of aromatic amines is 1. The Kier molecular flexibility index (Phi) is 4.36. The number of aromatic nitrogens is 1. The van der Waals surface area contributed by atoms with Gasteiger partial charge in [0.1, 0.15) is 17.5 Å². The van der Waals surface area contributed by atoms with Crippen LogP contribution in [0, 0.1) is 0 Å². The number of H-pyrrole nitrogens is 1. The predicted octanol–water partition coefficient (Wildman–Crippen LogP) is 4.50. The number of hydrogen-bond acceptors (Lipinski definition) is 2. The third kappa shape index (κ3) is 3.49. The fourth-order valence-electron chi connectivity index (χ4n) is 3.26. The third-order valence-electron chi connectivity index (χ3n) is 4.59. The van der Waals surface area contributed by atoms with Crippen molar-refractivity contribution >= 4 is 28.4 Å². The molecular weight excluding hydrogens is 336 g/mol. The summed E-state index contributed by atoms with van der Waals surface area (Å²) in [5.41, 5.74) is 1.54. The van der Waals surface area contributed by atoms with E-state index in [0.717, 1.165) is 29.5 Å². The Balaban J connectivity index is 1.40. The molecule has 128 valence electrons. The molecule has 4 rings (SSSR count). The molecule has 1 aliphatic heterocycles. The Morgan fingerprint density at radius 3 is 2.60 bits per heavy atom. The number of nitrogens with zero attached hydrogens (tertiary/aromatic N) is 1. The maximum atomic E-state index is 12.7. The molecule has 1 fully saturated rings. The molecule has 25 heavy (non-hydrogen) atoms. The smallest absolute Gasteiger partial charge is 0.270 e. The molecule has 2 heterocycles. The Labute approximate surface area is 151 Å². The van der Waals surface area contributed by atoms with Crippen molar-refractivity contribution in [3.05, 3.63) is 65.3 Å². The summed E-state index contributed by atoms with van der Waals surface area (Å²) in [5.74, 6) is 0.922. The number of rotatable bonds is 3. The number of amides is 1. The molecule has 3 aromatic rings. The van der Waals surface area contributed by atoms with Crippen LogP contribution in [0.5, 0.6) is 5.75 Å². The van der Waals surface area contributed by atoms with Crippen LogP contribution in [0.1, 0.15) is 23.3 Å². The van der Waals surface area contributed by atoms with Gasteiger partial charge in [0.05, 0.1) is 0 Å². The van der Waals surface area contributed by atoms with Gasteiger partial charge in [0, 0.05) is 41.9 Å². The number of likely N-dealkylation sites (tertiary alicyclic amines) is 1. The van der Waals surface area contributed by atoms with E-state index in [1.165, 1.54) is 0 Å². The zero-order chi connectivity index (χ0) is 17.2. The van der Waals surface area contributed by atoms with Crippen LogP contribution in [-0.2, 0) is 0 Å². The van der Waals surface area contributed by atoms with Gasteiger partial charge in [0.2, 0.25) is 0 Å². The number of carbonyl (C=O) groups excluding carboxylic acids is 1. The number of carbonyl (C=O) groups is 1. The molecule has 0 unspecified atom stereocenters. The second-order valence-corrected chi connectivity index (χ2v) is 6.77. The molecule has 2 aromatic carbocycles. The monoisotopic (exact) mass is 354 g/mol. The number of piperidine rings is 1. The van der Waals surface area contributed by atoms with E-state index in [1.807, 2.05) is 59.5 Å². The molecular formula is C20H19ClN2O2. The minimum Gasteiger partial charge on any atom is -0.490 e. The highest BCUT2D eigenvalue weighted by Gasteiger charge is 2.25. The van der Waals surface area contributed by atoms with Gasteiger partial charge in [-0.1, -0.05) is 29.8 Å². The largest absolute Gasteiger partial charge is 0.490 e. The molecule has 0 spiro atoms. The number of para-hydroxylation sites is 1. The van der Waals surface area contributed by atoms with Crippen molar-refractivity contribution in [2.75, 3.05) is 13.1 Å². The van der Waals surface area contributed by atoms with Gasteiger partial charge in [-0.25, -0.2) is 0 Å². The van der Waals surface area contributed by atoms with Gasteiger partial charge in [0.25, 0.3) is 5.91 Å². The first-order chi connectivity index (χ1) is 12.2. The number of nitrogens with one attached hydrogen (secondary N) is 1. The lowest BCUT2D eigenvalue weighted by Crippen LogP contribution is -2.41. The van der Waals surface area contributed by atoms with Crippen LogP contribution in [0.25, 0.3) is 10.9 Å². The van der Waals surface area contributed by atoms with Crippen LogP contribution in [0.4, 0.5) is 0 Å². The summed E-state index contributed by atoms with van der Waals surface area (Å²) >= 11 is 6.02. The van der Waals surface area contributed by atoms with Gasteiger partial charge >= 0.3 is 0 Å². The van der Waals surface area contributed by atoms with Crippen molar-refractivity contribution in [1.82, 2.24) is 9.88 Å². The van der Waals surface area contributed by atoms with Gasteiger partial charge in [-0.05, 0) is 36.4 Å². The summed E-state index contributed by atoms with van der Waals surface area (Å²) in [6.07, 6.45) is 1.84. The molecule has 0 atom stereocenters. The standard InChI is InChI=1S/C20H19ClN2O2/c21-15-6-7-18-14(12-15)13-19(22-18)20(24)23-10-8-17(9-11-23)25-16-4-2-1-3-5-16/h1-7,12-13,17,22H,8-11H2. The summed E-state index contributed by atoms with van der Waals surface area (Å²) in [5, 5.41) is 1.63. The molecule has 0 saturated carbocycles. The highest BCUT2D eigenvalue weighted by molar-refractivity contribution is 6.31. The van der Waals surface area contributed by atoms with Gasteiger partial charge in [0.15, 0.2) is 0 Å². The minimum atomic E-state index is 0.0329. The maximum Gasteiger partial charge on any atom is 0.270 e. The van der Waals surface area contributed by atoms with Gasteiger partial charge in [-0.3, -0.25) is 4.79 Å². The number of fused-ring (bicyclic) bond motifs is 1. The molecule has 1 saturated heterocycles. The van der Waals surface area contributed by atoms with Crippen LogP contribution in [-0.4, -0.2) is 35.0 Å². The Hall–Kier alpha value is -2.46. The fourth-order valence-corrected chi connectivity index (χ4v) is 3.44. The molecule has 4 nitrogen and oxygen atoms in total. The summed E-state index contributed by atoms with van der Waals surface area (Å²) in [6, 6.07) is 17.3. The van der Waals surface area contributed by atoms with Gasteiger partial charge in [-0.2, -0.15) is 0 Å². The van der Waals surface area contributed by atoms with Crippen LogP contribution < -0.4 is 4.74 Å². The van der Waals surface area contributed by atoms with Gasteiger partial charge in [-0.15, -0.1) is 0 Å². The maximum absolute atomic E-state index is 12.7. The van der Waals surface area contributed by atoms with E-state index < -0.39 is 0 Å². The van der Waals surface area contributed by atoms with Crippen LogP contribution in [0.3, 0.4) is 0 Å². The summed E-state index contributed by atoms with van der Waals surface area (Å²) in [6.45, 7) is 1.40. The minimum absolute atomic E-state index is 0.0329. The van der Waals surface area contributed by atoms with Crippen LogP contribution in [0.2, 0.25) is 5.02 Å². The SMILES string of the molecule is O=C(c1cc2cc(Cl)ccc2[nH]1)N1CCC(Oc2ccccc2)CC1. The topological polar surface area (TPSA) is 45.3 Å². The molecule has 0 aliphatic carbocycles. The Morgan fingerprint density at radius 1 is 1.08 bits per heavy atom. The Morgan fingerprint density at radius 2 is 1.84 bits per heavy atom. The highest BCUT2D eigenvalue weighted by atomic mass is 35.5. The van der Waals surface area contributed by atoms with Crippen LogP contribution >= 0.6 is 11.6 Å². The number of hydrogen-bond donors (Lipinski definition) is 1. The lowest BCUT2D eigenvalue weighted by molar-refractivity contribution is 0.0591. The second kappa shape index (κ2) is 6.81. The average molecular weight is 355 g/mol. The first-order valence-electron chi connectivity index (χ1n) is 8.48.